The molecule has 0 aromatic heterocycles. The molecule has 5 heteroatoms. The predicted octanol–water partition coefficient (Wildman–Crippen LogP) is -8.61. The van der Waals surface area contributed by atoms with E-state index in [0.29, 0.717) is 0 Å². The number of quaternary nitrogens is 1. The van der Waals surface area contributed by atoms with Crippen LogP contribution in [0.1, 0.15) is 0 Å². The van der Waals surface area contributed by atoms with E-state index in [4.69, 9.17) is 0 Å². The summed E-state index contributed by atoms with van der Waals surface area (Å²) in [6, 6.07) is 0. The van der Waals surface area contributed by atoms with Crippen LogP contribution >= 0.6 is 0 Å². The molecule has 0 bridgehead atoms. The molecular weight excluding hydrogens is 119 g/mol. The van der Waals surface area contributed by atoms with Gasteiger partial charge in [0.05, 0.1) is 0 Å². The van der Waals surface area contributed by atoms with Gasteiger partial charge in [0.15, 0.2) is 0 Å². The van der Waals surface area contributed by atoms with Gasteiger partial charge in [-0.2, -0.15) is 0 Å². The summed E-state index contributed by atoms with van der Waals surface area (Å²) >= 11 is 0. The van der Waals surface area contributed by atoms with Gasteiger partial charge < -0.3 is 20.3 Å². The molecule has 0 saturated carbocycles. The van der Waals surface area contributed by atoms with E-state index >= 15 is 0 Å². The van der Waals surface area contributed by atoms with Crippen LogP contribution in [0, 0.1) is 0 Å². The molecule has 0 aliphatic heterocycles. The number of halogens is 3. The zero-order valence-electron chi connectivity index (χ0n) is 2.63. The summed E-state index contributed by atoms with van der Waals surface area (Å²) in [6.45, 7) is 0. The summed E-state index contributed by atoms with van der Waals surface area (Å²) in [6.07, 6.45) is 0. The molecule has 0 heterocycles. The first-order valence-electron chi connectivity index (χ1n) is 0. The first kappa shape index (κ1) is 505. The van der Waals surface area contributed by atoms with Crippen molar-refractivity contribution >= 4 is 0 Å². The summed E-state index contributed by atoms with van der Waals surface area (Å²) in [5, 5.41) is 0. The van der Waals surface area contributed by atoms with E-state index in [2.05, 4.69) is 0 Å². The number of rotatable bonds is 0. The van der Waals surface area contributed by atoms with Crippen LogP contribution in [0.3, 0.4) is 0 Å². The monoisotopic (exact) mass is 123 g/mol. The summed E-state index contributed by atoms with van der Waals surface area (Å²) in [5.41, 5.74) is 0. The van der Waals surface area contributed by atoms with E-state index in [1.165, 1.54) is 0 Å². The molecule has 5 heavy (non-hydrogen) atoms. The number of hydrogen-bond acceptors (Lipinski definition) is 0. The Morgan fingerprint density at radius 2 is 0.600 bits per heavy atom. The second-order valence-corrected chi connectivity index (χ2v) is 0. The quantitative estimate of drug-likeness (QED) is 0.310. The fourth-order valence-corrected chi connectivity index (χ4v) is 0. The van der Waals surface area contributed by atoms with Crippen molar-refractivity contribution in [2.75, 3.05) is 0 Å². The molecule has 0 saturated heterocycles. The average molecular weight is 123 g/mol. The van der Waals surface area contributed by atoms with Crippen LogP contribution in [0.25, 0.3) is 0 Å². The molecular formula is H4F3NTi. The van der Waals surface area contributed by atoms with Crippen molar-refractivity contribution in [3.05, 3.63) is 0 Å². The maximum absolute atomic E-state index is 0. The summed E-state index contributed by atoms with van der Waals surface area (Å²) in [5.74, 6) is 0. The predicted molar refractivity (Wildman–Crippen MR) is 5.98 cm³/mol. The minimum absolute atomic E-state index is 0. The third kappa shape index (κ3) is 126. The van der Waals surface area contributed by atoms with E-state index in [1.807, 2.05) is 0 Å². The van der Waals surface area contributed by atoms with Crippen LogP contribution in [0.15, 0.2) is 0 Å². The Kier molecular flexibility index (Phi) is 25100. The first-order chi connectivity index (χ1) is 0. The van der Waals surface area contributed by atoms with Gasteiger partial charge in [-0.05, 0) is 0 Å². The average Bonchev–Trinajstić information content (AvgIpc) is 0. The second-order valence-electron chi connectivity index (χ2n) is 0. The Labute approximate surface area is 42.7 Å². The standard InChI is InChI=1S/3FH.H3N.Ti/h3*1H;1H3;/q;;;;+2/p-2. The van der Waals surface area contributed by atoms with Crippen molar-refractivity contribution in [2.24, 2.45) is 0 Å². The van der Waals surface area contributed by atoms with Gasteiger partial charge >= 0.3 is 21.7 Å². The van der Waals surface area contributed by atoms with Crippen molar-refractivity contribution in [1.29, 1.82) is 0 Å². The van der Waals surface area contributed by atoms with Gasteiger partial charge in [-0.15, -0.1) is 0 Å². The minimum Gasteiger partial charge on any atom is -1.00 e. The maximum Gasteiger partial charge on any atom is 2.00 e. The zero-order chi connectivity index (χ0) is 0. The van der Waals surface area contributed by atoms with Crippen LogP contribution in [0.4, 0.5) is 0 Å². The summed E-state index contributed by atoms with van der Waals surface area (Å²) < 4.78 is 0. The van der Waals surface area contributed by atoms with Gasteiger partial charge in [0, 0.05) is 0 Å². The minimum atomic E-state index is 0. The molecule has 0 atom stereocenters. The molecule has 0 amide bonds. The van der Waals surface area contributed by atoms with Crippen molar-refractivity contribution in [2.45, 2.75) is 0 Å². The van der Waals surface area contributed by atoms with Crippen molar-refractivity contribution in [3.8, 4) is 0 Å². The largest absolute Gasteiger partial charge is 2.00 e. The van der Waals surface area contributed by atoms with E-state index in [0.717, 1.165) is 0 Å². The topological polar surface area (TPSA) is 36.5 Å². The smallest absolute Gasteiger partial charge is 1.00 e. The molecule has 0 radical (unpaired) electrons. The Balaban J connectivity index is 0. The van der Waals surface area contributed by atoms with Crippen molar-refractivity contribution < 1.29 is 35.8 Å². The second kappa shape index (κ2) is 249. The first-order valence-corrected chi connectivity index (χ1v) is 0. The summed E-state index contributed by atoms with van der Waals surface area (Å²) in [7, 11) is 0. The van der Waals surface area contributed by atoms with Gasteiger partial charge in [0.2, 0.25) is 0 Å². The maximum atomic E-state index is 0. The summed E-state index contributed by atoms with van der Waals surface area (Å²) in [4.78, 5) is 0. The third-order valence-electron chi connectivity index (χ3n) is 0. The normalized spacial score (nSPS) is 0. The van der Waals surface area contributed by atoms with Crippen LogP contribution < -0.4 is 20.3 Å². The molecule has 0 aliphatic carbocycles. The molecule has 4 N–H and O–H groups in total. The van der Waals surface area contributed by atoms with Gasteiger partial charge in [0.1, 0.15) is 0 Å². The van der Waals surface area contributed by atoms with Crippen LogP contribution in [-0.4, -0.2) is 0 Å². The molecule has 0 aliphatic rings. The van der Waals surface area contributed by atoms with Crippen LogP contribution in [0.2, 0.25) is 0 Å². The van der Waals surface area contributed by atoms with E-state index in [9.17, 15) is 0 Å². The molecule has 34 valence electrons. The van der Waals surface area contributed by atoms with Gasteiger partial charge in [-0.1, -0.05) is 0 Å². The molecule has 0 spiro atoms. The Bertz CT molecular complexity index is 6.85. The van der Waals surface area contributed by atoms with Crippen molar-refractivity contribution in [1.82, 2.24) is 6.15 Å². The third-order valence-corrected chi connectivity index (χ3v) is 0. The SMILES string of the molecule is [F-].[F-].[F-].[NH4+].[Ti+2]. The van der Waals surface area contributed by atoms with Crippen LogP contribution in [-0.2, 0) is 21.7 Å². The van der Waals surface area contributed by atoms with Gasteiger partial charge in [-0.3, -0.25) is 0 Å². The fraction of sp³-hybridized carbons (Fsp3) is 0. The molecule has 0 aromatic carbocycles. The van der Waals surface area contributed by atoms with E-state index in [-0.39, 0.29) is 42.0 Å². The van der Waals surface area contributed by atoms with Gasteiger partial charge in [-0.25, -0.2) is 0 Å². The Morgan fingerprint density at radius 3 is 0.600 bits per heavy atom. The van der Waals surface area contributed by atoms with Crippen molar-refractivity contribution in [3.63, 3.8) is 0 Å². The molecule has 1 nitrogen and oxygen atoms in total. The molecule has 0 aromatic rings. The molecule has 0 rings (SSSR count). The molecule has 0 fully saturated rings. The zero-order valence-corrected chi connectivity index (χ0v) is 4.20. The number of hydrogen-bond donors (Lipinski definition) is 1. The Hall–Kier alpha value is 0.464. The Morgan fingerprint density at radius 1 is 0.600 bits per heavy atom. The van der Waals surface area contributed by atoms with E-state index in [1.54, 1.807) is 0 Å². The fourth-order valence-electron chi connectivity index (χ4n) is 0. The van der Waals surface area contributed by atoms with E-state index < -0.39 is 0 Å². The van der Waals surface area contributed by atoms with Crippen LogP contribution in [0.5, 0.6) is 0 Å². The van der Waals surface area contributed by atoms with Gasteiger partial charge in [0.25, 0.3) is 0 Å². The molecule has 0 unspecified atom stereocenters.